The number of rotatable bonds is 4. The largest absolute Gasteiger partial charge is 0.497 e. The summed E-state index contributed by atoms with van der Waals surface area (Å²) in [6.07, 6.45) is 0. The van der Waals surface area contributed by atoms with Crippen LogP contribution in [-0.2, 0) is 4.79 Å². The Bertz CT molecular complexity index is 702. The van der Waals surface area contributed by atoms with Crippen molar-refractivity contribution in [3.8, 4) is 11.5 Å². The Morgan fingerprint density at radius 3 is 2.32 bits per heavy atom. The first-order valence-electron chi connectivity index (χ1n) is 7.02. The average molecular weight is 298 g/mol. The fourth-order valence-corrected chi connectivity index (χ4v) is 2.74. The van der Waals surface area contributed by atoms with Crippen LogP contribution >= 0.6 is 0 Å². The minimum Gasteiger partial charge on any atom is -0.497 e. The molecule has 5 nitrogen and oxygen atoms in total. The highest BCUT2D eigenvalue weighted by molar-refractivity contribution is 6.05. The zero-order valence-electron chi connectivity index (χ0n) is 12.5. The van der Waals surface area contributed by atoms with Crippen molar-refractivity contribution in [2.24, 2.45) is 5.73 Å². The molecule has 0 spiro atoms. The molecule has 1 saturated heterocycles. The minimum atomic E-state index is -0.543. The molecule has 1 fully saturated rings. The summed E-state index contributed by atoms with van der Waals surface area (Å²) in [7, 11) is 3.22. The van der Waals surface area contributed by atoms with Crippen LogP contribution < -0.4 is 20.1 Å². The maximum Gasteiger partial charge on any atom is 0.247 e. The highest BCUT2D eigenvalue weighted by Gasteiger charge is 2.46. The fourth-order valence-electron chi connectivity index (χ4n) is 2.74. The molecule has 0 saturated carbocycles. The molecule has 0 bridgehead atoms. The Kier molecular flexibility index (Phi) is 3.73. The number of anilines is 1. The van der Waals surface area contributed by atoms with Crippen molar-refractivity contribution < 1.29 is 14.3 Å². The summed E-state index contributed by atoms with van der Waals surface area (Å²) in [5.74, 6) is 1.35. The van der Waals surface area contributed by atoms with Gasteiger partial charge >= 0.3 is 0 Å². The van der Waals surface area contributed by atoms with Crippen LogP contribution in [0.2, 0.25) is 0 Å². The fraction of sp³-hybridized carbons (Fsp3) is 0.235. The molecule has 22 heavy (non-hydrogen) atoms. The molecule has 2 atom stereocenters. The summed E-state index contributed by atoms with van der Waals surface area (Å²) < 4.78 is 10.5. The number of nitrogens with zero attached hydrogens (tertiary/aromatic N) is 1. The smallest absolute Gasteiger partial charge is 0.247 e. The van der Waals surface area contributed by atoms with Crippen LogP contribution in [0.25, 0.3) is 0 Å². The Labute approximate surface area is 129 Å². The quantitative estimate of drug-likeness (QED) is 0.878. The van der Waals surface area contributed by atoms with Crippen molar-refractivity contribution in [1.29, 1.82) is 0 Å². The molecule has 2 aromatic carbocycles. The first-order chi connectivity index (χ1) is 10.7. The molecule has 1 aliphatic heterocycles. The molecule has 0 aromatic heterocycles. The Hall–Kier alpha value is -2.53. The lowest BCUT2D eigenvalue weighted by Crippen LogP contribution is -2.63. The van der Waals surface area contributed by atoms with E-state index in [0.29, 0.717) is 5.75 Å². The van der Waals surface area contributed by atoms with Gasteiger partial charge in [-0.3, -0.25) is 4.79 Å². The molecule has 1 aliphatic rings. The Morgan fingerprint density at radius 2 is 1.64 bits per heavy atom. The molecule has 2 aromatic rings. The van der Waals surface area contributed by atoms with E-state index in [4.69, 9.17) is 15.2 Å². The van der Waals surface area contributed by atoms with Gasteiger partial charge in [0.05, 0.1) is 20.3 Å². The molecule has 1 amide bonds. The second-order valence-corrected chi connectivity index (χ2v) is 5.16. The van der Waals surface area contributed by atoms with Gasteiger partial charge in [0, 0.05) is 11.8 Å². The first kappa shape index (κ1) is 14.4. The molecule has 0 aliphatic carbocycles. The number of methoxy groups -OCH3 is 2. The van der Waals surface area contributed by atoms with E-state index < -0.39 is 6.04 Å². The lowest BCUT2D eigenvalue weighted by Gasteiger charge is -2.45. The lowest BCUT2D eigenvalue weighted by molar-refractivity contribution is -0.126. The van der Waals surface area contributed by atoms with Gasteiger partial charge in [0.25, 0.3) is 0 Å². The van der Waals surface area contributed by atoms with Crippen LogP contribution in [-0.4, -0.2) is 26.2 Å². The summed E-state index contributed by atoms with van der Waals surface area (Å²) in [4.78, 5) is 13.9. The number of nitrogens with two attached hydrogens (primary N) is 1. The van der Waals surface area contributed by atoms with Crippen molar-refractivity contribution in [1.82, 2.24) is 0 Å². The van der Waals surface area contributed by atoms with E-state index in [9.17, 15) is 4.79 Å². The molecule has 2 N–H and O–H groups in total. The van der Waals surface area contributed by atoms with Gasteiger partial charge in [-0.2, -0.15) is 0 Å². The second-order valence-electron chi connectivity index (χ2n) is 5.16. The Morgan fingerprint density at radius 1 is 1.00 bits per heavy atom. The number of benzene rings is 2. The van der Waals surface area contributed by atoms with E-state index >= 15 is 0 Å². The number of carbonyl (C=O) groups excluding carboxylic acids is 1. The van der Waals surface area contributed by atoms with Crippen LogP contribution in [0.15, 0.2) is 48.5 Å². The number of amides is 1. The van der Waals surface area contributed by atoms with E-state index in [0.717, 1.165) is 17.0 Å². The van der Waals surface area contributed by atoms with Crippen molar-refractivity contribution >= 4 is 11.6 Å². The summed E-state index contributed by atoms with van der Waals surface area (Å²) in [5.41, 5.74) is 7.75. The molecule has 5 heteroatoms. The molecular weight excluding hydrogens is 280 g/mol. The molecule has 3 rings (SSSR count). The number of ether oxygens (including phenoxy) is 2. The zero-order valence-corrected chi connectivity index (χ0v) is 12.5. The summed E-state index contributed by atoms with van der Waals surface area (Å²) in [6, 6.07) is 14.3. The van der Waals surface area contributed by atoms with Gasteiger partial charge in [0.1, 0.15) is 17.5 Å². The van der Waals surface area contributed by atoms with Gasteiger partial charge in [-0.25, -0.2) is 0 Å². The second kappa shape index (κ2) is 5.69. The van der Waals surface area contributed by atoms with Crippen LogP contribution in [0, 0.1) is 0 Å². The highest BCUT2D eigenvalue weighted by atomic mass is 16.5. The van der Waals surface area contributed by atoms with E-state index in [-0.39, 0.29) is 11.9 Å². The van der Waals surface area contributed by atoms with Crippen LogP contribution in [0.5, 0.6) is 11.5 Å². The van der Waals surface area contributed by atoms with Gasteiger partial charge in [-0.1, -0.05) is 18.2 Å². The van der Waals surface area contributed by atoms with Crippen LogP contribution in [0.1, 0.15) is 11.6 Å². The normalized spacial score (nSPS) is 20.5. The number of hydrogen-bond acceptors (Lipinski definition) is 4. The molecule has 1 heterocycles. The number of hydrogen-bond donors (Lipinski definition) is 1. The maximum atomic E-state index is 12.2. The summed E-state index contributed by atoms with van der Waals surface area (Å²) in [6.45, 7) is 0. The zero-order chi connectivity index (χ0) is 15.7. The predicted molar refractivity (Wildman–Crippen MR) is 84.2 cm³/mol. The molecule has 0 radical (unpaired) electrons. The van der Waals surface area contributed by atoms with Crippen LogP contribution in [0.4, 0.5) is 5.69 Å². The third-order valence-electron chi connectivity index (χ3n) is 3.91. The van der Waals surface area contributed by atoms with E-state index in [1.54, 1.807) is 19.1 Å². The third kappa shape index (κ3) is 2.29. The summed E-state index contributed by atoms with van der Waals surface area (Å²) >= 11 is 0. The monoisotopic (exact) mass is 298 g/mol. The Balaban J connectivity index is 1.97. The lowest BCUT2D eigenvalue weighted by atomic mass is 9.88. The predicted octanol–water partition coefficient (Wildman–Crippen LogP) is 2.12. The standard InChI is InChI=1S/C17H18N2O3/c1-21-13-7-3-5-11(9-13)16-15(18)17(20)19(16)12-6-4-8-14(10-12)22-2/h3-10,15-16H,18H2,1-2H3/t15-,16-/m1/s1. The third-order valence-corrected chi connectivity index (χ3v) is 3.91. The summed E-state index contributed by atoms with van der Waals surface area (Å²) in [5, 5.41) is 0. The number of β-lactam (4-membered cyclic amide) rings is 1. The highest BCUT2D eigenvalue weighted by Crippen LogP contribution is 2.39. The number of carbonyl (C=O) groups is 1. The van der Waals surface area contributed by atoms with Gasteiger partial charge in [-0.15, -0.1) is 0 Å². The van der Waals surface area contributed by atoms with Gasteiger partial charge < -0.3 is 20.1 Å². The molecule has 114 valence electrons. The van der Waals surface area contributed by atoms with E-state index in [1.165, 1.54) is 0 Å². The van der Waals surface area contributed by atoms with Gasteiger partial charge in [-0.05, 0) is 29.8 Å². The van der Waals surface area contributed by atoms with E-state index in [2.05, 4.69) is 0 Å². The maximum absolute atomic E-state index is 12.2. The van der Waals surface area contributed by atoms with Gasteiger partial charge in [0.2, 0.25) is 5.91 Å². The minimum absolute atomic E-state index is 0.0962. The van der Waals surface area contributed by atoms with Gasteiger partial charge in [0.15, 0.2) is 0 Å². The topological polar surface area (TPSA) is 64.8 Å². The van der Waals surface area contributed by atoms with Crippen LogP contribution in [0.3, 0.4) is 0 Å². The molecular formula is C17H18N2O3. The van der Waals surface area contributed by atoms with Crippen molar-refractivity contribution in [2.45, 2.75) is 12.1 Å². The van der Waals surface area contributed by atoms with E-state index in [1.807, 2.05) is 48.5 Å². The molecule has 0 unspecified atom stereocenters. The van der Waals surface area contributed by atoms with Crippen molar-refractivity contribution in [3.05, 3.63) is 54.1 Å². The van der Waals surface area contributed by atoms with Crippen molar-refractivity contribution in [2.75, 3.05) is 19.1 Å². The first-order valence-corrected chi connectivity index (χ1v) is 7.02. The van der Waals surface area contributed by atoms with Crippen molar-refractivity contribution in [3.63, 3.8) is 0 Å². The average Bonchev–Trinajstić information content (AvgIpc) is 2.58. The SMILES string of the molecule is COc1cccc([C@@H]2[C@@H](N)C(=O)N2c2cccc(OC)c2)c1.